The van der Waals surface area contributed by atoms with Gasteiger partial charge in [0.2, 0.25) is 5.91 Å². The first-order valence-electron chi connectivity index (χ1n) is 6.83. The topological polar surface area (TPSA) is 58.4 Å². The van der Waals surface area contributed by atoms with E-state index in [1.165, 1.54) is 6.42 Å². The molecule has 3 unspecified atom stereocenters. The molecule has 0 bridgehead atoms. The van der Waals surface area contributed by atoms with E-state index in [4.69, 9.17) is 5.73 Å². The first kappa shape index (κ1) is 14.5. The van der Waals surface area contributed by atoms with Gasteiger partial charge in [-0.05, 0) is 38.6 Å². The second-order valence-electron chi connectivity index (χ2n) is 5.08. The number of carbonyl (C=O) groups excluding carboxylic acids is 1. The van der Waals surface area contributed by atoms with Crippen molar-refractivity contribution in [2.75, 3.05) is 26.2 Å². The molecule has 0 radical (unpaired) electrons. The maximum atomic E-state index is 11.9. The second kappa shape index (κ2) is 6.97. The fourth-order valence-corrected chi connectivity index (χ4v) is 2.16. The molecule has 0 aromatic rings. The molecule has 17 heavy (non-hydrogen) atoms. The number of nitrogens with one attached hydrogen (secondary N) is 1. The van der Waals surface area contributed by atoms with E-state index in [0.717, 1.165) is 31.5 Å². The van der Waals surface area contributed by atoms with Crippen LogP contribution in [-0.2, 0) is 4.79 Å². The molecule has 0 aromatic heterocycles. The Balaban J connectivity index is 2.27. The molecule has 0 saturated heterocycles. The Labute approximate surface area is 105 Å². The van der Waals surface area contributed by atoms with Crippen molar-refractivity contribution in [3.05, 3.63) is 0 Å². The van der Waals surface area contributed by atoms with Crippen LogP contribution in [-0.4, -0.2) is 43.0 Å². The molecule has 1 amide bonds. The van der Waals surface area contributed by atoms with Crippen LogP contribution in [0.25, 0.3) is 0 Å². The minimum atomic E-state index is 0.135. The minimum absolute atomic E-state index is 0.135. The van der Waals surface area contributed by atoms with E-state index in [2.05, 4.69) is 12.2 Å². The number of nitrogens with zero attached hydrogens (tertiary/aromatic N) is 1. The molecule has 100 valence electrons. The first-order valence-corrected chi connectivity index (χ1v) is 6.83. The third kappa shape index (κ3) is 4.64. The normalized spacial score (nSPS) is 24.5. The Kier molecular flexibility index (Phi) is 5.92. The summed E-state index contributed by atoms with van der Waals surface area (Å²) in [5.74, 6) is 1.86. The molecule has 1 rings (SSSR count). The van der Waals surface area contributed by atoms with Crippen LogP contribution in [0.3, 0.4) is 0 Å². The predicted octanol–water partition coefficient (Wildman–Crippen LogP) is 0.818. The molecule has 0 spiro atoms. The summed E-state index contributed by atoms with van der Waals surface area (Å²) in [5.41, 5.74) is 5.71. The van der Waals surface area contributed by atoms with Gasteiger partial charge in [-0.3, -0.25) is 4.79 Å². The molecule has 4 nitrogen and oxygen atoms in total. The Morgan fingerprint density at radius 3 is 2.47 bits per heavy atom. The summed E-state index contributed by atoms with van der Waals surface area (Å²) in [5, 5.41) is 3.42. The maximum absolute atomic E-state index is 11.9. The maximum Gasteiger partial charge on any atom is 0.224 e. The molecule has 0 aliphatic heterocycles. The summed E-state index contributed by atoms with van der Waals surface area (Å²) in [6.07, 6.45) is 1.84. The average molecular weight is 241 g/mol. The van der Waals surface area contributed by atoms with Crippen molar-refractivity contribution < 1.29 is 4.79 Å². The molecule has 0 aromatic carbocycles. The summed E-state index contributed by atoms with van der Waals surface area (Å²) < 4.78 is 0. The van der Waals surface area contributed by atoms with Gasteiger partial charge in [0, 0.05) is 32.1 Å². The fraction of sp³-hybridized carbons (Fsp3) is 0.923. The lowest BCUT2D eigenvalue weighted by atomic mass is 10.1. The van der Waals surface area contributed by atoms with E-state index in [0.29, 0.717) is 13.0 Å². The SMILES string of the molecule is CCN(CC)C(=O)CC(CN)NCC1CC1C. The zero-order valence-electron chi connectivity index (χ0n) is 11.4. The Morgan fingerprint density at radius 1 is 1.47 bits per heavy atom. The van der Waals surface area contributed by atoms with Gasteiger partial charge in [0.05, 0.1) is 0 Å². The molecule has 4 heteroatoms. The van der Waals surface area contributed by atoms with Gasteiger partial charge in [-0.2, -0.15) is 0 Å². The third-order valence-electron chi connectivity index (χ3n) is 3.77. The molecular formula is C13H27N3O. The van der Waals surface area contributed by atoms with Gasteiger partial charge in [0.25, 0.3) is 0 Å². The molecule has 0 heterocycles. The minimum Gasteiger partial charge on any atom is -0.343 e. The predicted molar refractivity (Wildman–Crippen MR) is 70.7 cm³/mol. The smallest absolute Gasteiger partial charge is 0.224 e. The number of hydrogen-bond donors (Lipinski definition) is 2. The van der Waals surface area contributed by atoms with Crippen LogP contribution in [0.1, 0.15) is 33.6 Å². The van der Waals surface area contributed by atoms with E-state index in [1.54, 1.807) is 0 Å². The van der Waals surface area contributed by atoms with E-state index in [1.807, 2.05) is 18.7 Å². The highest BCUT2D eigenvalue weighted by molar-refractivity contribution is 5.76. The lowest BCUT2D eigenvalue weighted by molar-refractivity contribution is -0.131. The van der Waals surface area contributed by atoms with Crippen molar-refractivity contribution in [1.82, 2.24) is 10.2 Å². The molecule has 3 N–H and O–H groups in total. The van der Waals surface area contributed by atoms with Gasteiger partial charge in [-0.25, -0.2) is 0 Å². The number of nitrogens with two attached hydrogens (primary N) is 1. The van der Waals surface area contributed by atoms with Crippen LogP contribution in [0.4, 0.5) is 0 Å². The van der Waals surface area contributed by atoms with Crippen LogP contribution in [0.2, 0.25) is 0 Å². The molecule has 1 fully saturated rings. The van der Waals surface area contributed by atoms with Crippen molar-refractivity contribution in [2.45, 2.75) is 39.7 Å². The summed E-state index contributed by atoms with van der Waals surface area (Å²) in [7, 11) is 0. The highest BCUT2D eigenvalue weighted by Crippen LogP contribution is 2.36. The number of amides is 1. The van der Waals surface area contributed by atoms with Crippen LogP contribution in [0.5, 0.6) is 0 Å². The largest absolute Gasteiger partial charge is 0.343 e. The third-order valence-corrected chi connectivity index (χ3v) is 3.77. The number of carbonyl (C=O) groups is 1. The molecule has 1 aliphatic carbocycles. The second-order valence-corrected chi connectivity index (χ2v) is 5.08. The summed E-state index contributed by atoms with van der Waals surface area (Å²) in [6.45, 7) is 9.41. The van der Waals surface area contributed by atoms with Gasteiger partial charge >= 0.3 is 0 Å². The Morgan fingerprint density at radius 2 is 2.06 bits per heavy atom. The van der Waals surface area contributed by atoms with Crippen molar-refractivity contribution in [3.63, 3.8) is 0 Å². The van der Waals surface area contributed by atoms with Crippen LogP contribution >= 0.6 is 0 Å². The van der Waals surface area contributed by atoms with Gasteiger partial charge in [-0.15, -0.1) is 0 Å². The number of hydrogen-bond acceptors (Lipinski definition) is 3. The molecular weight excluding hydrogens is 214 g/mol. The first-order chi connectivity index (χ1) is 8.12. The van der Waals surface area contributed by atoms with Crippen LogP contribution in [0, 0.1) is 11.8 Å². The van der Waals surface area contributed by atoms with Gasteiger partial charge < -0.3 is 16.0 Å². The molecule has 1 saturated carbocycles. The average Bonchev–Trinajstić information content (AvgIpc) is 3.02. The Bertz CT molecular complexity index is 241. The van der Waals surface area contributed by atoms with E-state index in [9.17, 15) is 4.79 Å². The van der Waals surface area contributed by atoms with Crippen molar-refractivity contribution in [1.29, 1.82) is 0 Å². The van der Waals surface area contributed by atoms with Crippen LogP contribution in [0.15, 0.2) is 0 Å². The quantitative estimate of drug-likeness (QED) is 0.661. The zero-order valence-corrected chi connectivity index (χ0v) is 11.4. The standard InChI is InChI=1S/C13H27N3O/c1-4-16(5-2)13(17)7-12(8-14)15-9-11-6-10(11)3/h10-12,15H,4-9,14H2,1-3H3. The number of rotatable bonds is 8. The zero-order chi connectivity index (χ0) is 12.8. The van der Waals surface area contributed by atoms with Gasteiger partial charge in [0.15, 0.2) is 0 Å². The summed E-state index contributed by atoms with van der Waals surface area (Å²) in [6, 6.07) is 0.135. The molecule has 3 atom stereocenters. The van der Waals surface area contributed by atoms with Crippen molar-refractivity contribution >= 4 is 5.91 Å². The van der Waals surface area contributed by atoms with E-state index < -0.39 is 0 Å². The van der Waals surface area contributed by atoms with Crippen LogP contribution < -0.4 is 11.1 Å². The fourth-order valence-electron chi connectivity index (χ4n) is 2.16. The highest BCUT2D eigenvalue weighted by atomic mass is 16.2. The lowest BCUT2D eigenvalue weighted by Gasteiger charge is -2.22. The highest BCUT2D eigenvalue weighted by Gasteiger charge is 2.32. The lowest BCUT2D eigenvalue weighted by Crippen LogP contribution is -2.42. The Hall–Kier alpha value is -0.610. The van der Waals surface area contributed by atoms with Gasteiger partial charge in [0.1, 0.15) is 0 Å². The van der Waals surface area contributed by atoms with E-state index in [-0.39, 0.29) is 11.9 Å². The monoisotopic (exact) mass is 241 g/mol. The summed E-state index contributed by atoms with van der Waals surface area (Å²) in [4.78, 5) is 13.8. The van der Waals surface area contributed by atoms with Crippen molar-refractivity contribution in [2.24, 2.45) is 17.6 Å². The van der Waals surface area contributed by atoms with E-state index >= 15 is 0 Å². The van der Waals surface area contributed by atoms with Crippen molar-refractivity contribution in [3.8, 4) is 0 Å². The summed E-state index contributed by atoms with van der Waals surface area (Å²) >= 11 is 0. The van der Waals surface area contributed by atoms with Gasteiger partial charge in [-0.1, -0.05) is 6.92 Å². The molecule has 1 aliphatic rings.